The molecule has 0 unspecified atom stereocenters. The normalized spacial score (nSPS) is 13.6. The maximum absolute atomic E-state index is 12.4. The van der Waals surface area contributed by atoms with Gasteiger partial charge in [0.1, 0.15) is 18.0 Å². The standard InChI is InChI=1S/C18H17N3O2/c19-12-14-6-1-2-7-15(14)13-23-18(22)16-8-5-9-20-17(16)21-10-3-4-11-21/h1-2,5-9H,3-4,10-11,13H2. The van der Waals surface area contributed by atoms with Crippen LogP contribution in [-0.4, -0.2) is 24.0 Å². The average Bonchev–Trinajstić information content (AvgIpc) is 3.14. The summed E-state index contributed by atoms with van der Waals surface area (Å²) in [6.45, 7) is 1.90. The third-order valence-corrected chi connectivity index (χ3v) is 3.91. The zero-order chi connectivity index (χ0) is 16.1. The molecule has 0 N–H and O–H groups in total. The molecular formula is C18H17N3O2. The summed E-state index contributed by atoms with van der Waals surface area (Å²) < 4.78 is 5.40. The molecular weight excluding hydrogens is 290 g/mol. The van der Waals surface area contributed by atoms with Crippen LogP contribution in [0, 0.1) is 11.3 Å². The number of rotatable bonds is 4. The molecule has 1 aliphatic rings. The first-order chi connectivity index (χ1) is 11.3. The van der Waals surface area contributed by atoms with Gasteiger partial charge in [0.2, 0.25) is 0 Å². The number of carbonyl (C=O) groups is 1. The fraction of sp³-hybridized carbons (Fsp3) is 0.278. The molecule has 0 aliphatic carbocycles. The highest BCUT2D eigenvalue weighted by Crippen LogP contribution is 2.23. The van der Waals surface area contributed by atoms with Crippen LogP contribution in [0.15, 0.2) is 42.6 Å². The number of aromatic nitrogens is 1. The Kier molecular flexibility index (Phi) is 4.53. The molecule has 1 fully saturated rings. The van der Waals surface area contributed by atoms with Crippen LogP contribution >= 0.6 is 0 Å². The molecule has 5 nitrogen and oxygen atoms in total. The third-order valence-electron chi connectivity index (χ3n) is 3.91. The van der Waals surface area contributed by atoms with E-state index in [0.29, 0.717) is 22.5 Å². The highest BCUT2D eigenvalue weighted by atomic mass is 16.5. The van der Waals surface area contributed by atoms with Gasteiger partial charge in [0.15, 0.2) is 0 Å². The van der Waals surface area contributed by atoms with Crippen molar-refractivity contribution in [3.05, 3.63) is 59.3 Å². The second kappa shape index (κ2) is 6.93. The van der Waals surface area contributed by atoms with Crippen LogP contribution in [0.2, 0.25) is 0 Å². The molecule has 1 aromatic heterocycles. The molecule has 0 amide bonds. The van der Waals surface area contributed by atoms with Crippen LogP contribution in [0.5, 0.6) is 0 Å². The van der Waals surface area contributed by atoms with Crippen LogP contribution in [0.4, 0.5) is 5.82 Å². The van der Waals surface area contributed by atoms with Gasteiger partial charge in [-0.05, 0) is 31.0 Å². The maximum Gasteiger partial charge on any atom is 0.342 e. The Morgan fingerprint density at radius 2 is 2.00 bits per heavy atom. The lowest BCUT2D eigenvalue weighted by molar-refractivity contribution is 0.0473. The van der Waals surface area contributed by atoms with Crippen molar-refractivity contribution in [1.82, 2.24) is 4.98 Å². The molecule has 2 aromatic rings. The molecule has 0 spiro atoms. The van der Waals surface area contributed by atoms with Gasteiger partial charge in [-0.25, -0.2) is 9.78 Å². The van der Waals surface area contributed by atoms with Crippen LogP contribution in [0.3, 0.4) is 0 Å². The largest absolute Gasteiger partial charge is 0.457 e. The first-order valence-corrected chi connectivity index (χ1v) is 7.64. The lowest BCUT2D eigenvalue weighted by Gasteiger charge is -2.19. The van der Waals surface area contributed by atoms with Crippen molar-refractivity contribution in [2.75, 3.05) is 18.0 Å². The number of nitriles is 1. The van der Waals surface area contributed by atoms with Gasteiger partial charge in [0, 0.05) is 24.8 Å². The number of ether oxygens (including phenoxy) is 1. The molecule has 0 atom stereocenters. The topological polar surface area (TPSA) is 66.2 Å². The molecule has 5 heteroatoms. The number of pyridine rings is 1. The third kappa shape index (κ3) is 3.32. The van der Waals surface area contributed by atoms with Gasteiger partial charge in [0.25, 0.3) is 0 Å². The minimum atomic E-state index is -0.409. The fourth-order valence-corrected chi connectivity index (χ4v) is 2.71. The lowest BCUT2D eigenvalue weighted by atomic mass is 10.1. The Bertz CT molecular complexity index is 746. The van der Waals surface area contributed by atoms with Gasteiger partial charge in [-0.2, -0.15) is 5.26 Å². The quantitative estimate of drug-likeness (QED) is 0.813. The number of nitrogens with zero attached hydrogens (tertiary/aromatic N) is 3. The van der Waals surface area contributed by atoms with E-state index in [1.807, 2.05) is 6.07 Å². The summed E-state index contributed by atoms with van der Waals surface area (Å²) in [5.41, 5.74) is 1.70. The molecule has 3 rings (SSSR count). The fourth-order valence-electron chi connectivity index (χ4n) is 2.71. The predicted molar refractivity (Wildman–Crippen MR) is 86.0 cm³/mol. The van der Waals surface area contributed by atoms with Crippen LogP contribution in [-0.2, 0) is 11.3 Å². The number of carbonyl (C=O) groups excluding carboxylic acids is 1. The van der Waals surface area contributed by atoms with Crippen molar-refractivity contribution in [1.29, 1.82) is 5.26 Å². The average molecular weight is 307 g/mol. The van der Waals surface area contributed by atoms with Crippen molar-refractivity contribution >= 4 is 11.8 Å². The number of anilines is 1. The first kappa shape index (κ1) is 15.0. The van der Waals surface area contributed by atoms with E-state index in [-0.39, 0.29) is 6.61 Å². The molecule has 0 saturated carbocycles. The van der Waals surface area contributed by atoms with Gasteiger partial charge in [0.05, 0.1) is 11.6 Å². The summed E-state index contributed by atoms with van der Waals surface area (Å²) in [7, 11) is 0. The van der Waals surface area contributed by atoms with E-state index in [2.05, 4.69) is 16.0 Å². The zero-order valence-corrected chi connectivity index (χ0v) is 12.7. The monoisotopic (exact) mass is 307 g/mol. The maximum atomic E-state index is 12.4. The Balaban J connectivity index is 1.75. The van der Waals surface area contributed by atoms with Gasteiger partial charge < -0.3 is 9.64 Å². The number of hydrogen-bond acceptors (Lipinski definition) is 5. The Morgan fingerprint density at radius 3 is 2.78 bits per heavy atom. The molecule has 1 aliphatic heterocycles. The second-order valence-corrected chi connectivity index (χ2v) is 5.41. The van der Waals surface area contributed by atoms with Crippen molar-refractivity contribution < 1.29 is 9.53 Å². The van der Waals surface area contributed by atoms with Gasteiger partial charge in [-0.15, -0.1) is 0 Å². The van der Waals surface area contributed by atoms with Crippen molar-refractivity contribution in [3.63, 3.8) is 0 Å². The minimum absolute atomic E-state index is 0.0803. The Hall–Kier alpha value is -2.87. The van der Waals surface area contributed by atoms with Gasteiger partial charge >= 0.3 is 5.97 Å². The van der Waals surface area contributed by atoms with E-state index >= 15 is 0 Å². The van der Waals surface area contributed by atoms with Crippen molar-refractivity contribution in [3.8, 4) is 6.07 Å². The first-order valence-electron chi connectivity index (χ1n) is 7.64. The number of benzene rings is 1. The summed E-state index contributed by atoms with van der Waals surface area (Å²) in [5.74, 6) is 0.274. The van der Waals surface area contributed by atoms with E-state index in [1.165, 1.54) is 0 Å². The van der Waals surface area contributed by atoms with Gasteiger partial charge in [-0.3, -0.25) is 0 Å². The van der Waals surface area contributed by atoms with E-state index < -0.39 is 5.97 Å². The zero-order valence-electron chi connectivity index (χ0n) is 12.7. The molecule has 1 saturated heterocycles. The smallest absolute Gasteiger partial charge is 0.342 e. The van der Waals surface area contributed by atoms with E-state index in [4.69, 9.17) is 10.00 Å². The Morgan fingerprint density at radius 1 is 1.22 bits per heavy atom. The van der Waals surface area contributed by atoms with E-state index in [1.54, 1.807) is 36.5 Å². The minimum Gasteiger partial charge on any atom is -0.457 e. The van der Waals surface area contributed by atoms with E-state index in [9.17, 15) is 4.79 Å². The number of esters is 1. The summed E-state index contributed by atoms with van der Waals surface area (Å²) in [4.78, 5) is 18.9. The predicted octanol–water partition coefficient (Wildman–Crippen LogP) is 2.91. The summed E-state index contributed by atoms with van der Waals surface area (Å²) in [6, 6.07) is 12.7. The molecule has 0 radical (unpaired) electrons. The van der Waals surface area contributed by atoms with Crippen LogP contribution in [0.1, 0.15) is 34.3 Å². The van der Waals surface area contributed by atoms with Crippen LogP contribution < -0.4 is 4.90 Å². The molecule has 0 bridgehead atoms. The lowest BCUT2D eigenvalue weighted by Crippen LogP contribution is -2.22. The highest BCUT2D eigenvalue weighted by Gasteiger charge is 2.21. The molecule has 1 aromatic carbocycles. The summed E-state index contributed by atoms with van der Waals surface area (Å²) in [6.07, 6.45) is 3.91. The Labute approximate surface area is 135 Å². The van der Waals surface area contributed by atoms with Crippen molar-refractivity contribution in [2.45, 2.75) is 19.4 Å². The molecule has 2 heterocycles. The van der Waals surface area contributed by atoms with Gasteiger partial charge in [-0.1, -0.05) is 18.2 Å². The van der Waals surface area contributed by atoms with E-state index in [0.717, 1.165) is 25.9 Å². The van der Waals surface area contributed by atoms with Crippen LogP contribution in [0.25, 0.3) is 0 Å². The highest BCUT2D eigenvalue weighted by molar-refractivity contribution is 5.94. The SMILES string of the molecule is N#Cc1ccccc1COC(=O)c1cccnc1N1CCCC1. The number of hydrogen-bond donors (Lipinski definition) is 0. The summed E-state index contributed by atoms with van der Waals surface area (Å²) >= 11 is 0. The second-order valence-electron chi connectivity index (χ2n) is 5.41. The molecule has 23 heavy (non-hydrogen) atoms. The van der Waals surface area contributed by atoms with Crippen molar-refractivity contribution in [2.24, 2.45) is 0 Å². The molecule has 116 valence electrons. The summed E-state index contributed by atoms with van der Waals surface area (Å²) in [5, 5.41) is 9.08.